The van der Waals surface area contributed by atoms with Gasteiger partial charge in [0, 0.05) is 31.1 Å². The van der Waals surface area contributed by atoms with Crippen molar-refractivity contribution < 1.29 is 9.18 Å². The Morgan fingerprint density at radius 1 is 1.11 bits per heavy atom. The highest BCUT2D eigenvalue weighted by Gasteiger charge is 2.30. The van der Waals surface area contributed by atoms with Crippen LogP contribution in [0.1, 0.15) is 41.4 Å². The van der Waals surface area contributed by atoms with Crippen LogP contribution in [0.5, 0.6) is 0 Å². The maximum atomic E-state index is 14.0. The molecule has 142 valence electrons. The second-order valence-corrected chi connectivity index (χ2v) is 7.11. The van der Waals surface area contributed by atoms with E-state index in [4.69, 9.17) is 4.98 Å². The first kappa shape index (κ1) is 18.3. The summed E-state index contributed by atoms with van der Waals surface area (Å²) in [6, 6.07) is 16.3. The summed E-state index contributed by atoms with van der Waals surface area (Å²) in [6.45, 7) is 0.739. The molecule has 1 fully saturated rings. The number of nitrogens with zero attached hydrogens (tertiary/aromatic N) is 3. The molecule has 0 saturated carbocycles. The zero-order chi connectivity index (χ0) is 19.3. The van der Waals surface area contributed by atoms with Crippen LogP contribution in [0.15, 0.2) is 67.0 Å². The van der Waals surface area contributed by atoms with Gasteiger partial charge in [0.25, 0.3) is 0 Å². The van der Waals surface area contributed by atoms with Gasteiger partial charge in [-0.05, 0) is 48.2 Å². The highest BCUT2D eigenvalue weighted by atomic mass is 19.1. The van der Waals surface area contributed by atoms with Crippen LogP contribution in [-0.2, 0) is 17.6 Å². The fourth-order valence-electron chi connectivity index (χ4n) is 3.77. The number of benzene rings is 1. The Morgan fingerprint density at radius 3 is 2.82 bits per heavy atom. The molecule has 4 rings (SSSR count). The normalized spacial score (nSPS) is 16.3. The molecule has 4 nitrogen and oxygen atoms in total. The summed E-state index contributed by atoms with van der Waals surface area (Å²) in [4.78, 5) is 23.6. The molecule has 0 spiro atoms. The van der Waals surface area contributed by atoms with Crippen molar-refractivity contribution in [1.29, 1.82) is 0 Å². The van der Waals surface area contributed by atoms with Gasteiger partial charge in [0.1, 0.15) is 5.82 Å². The van der Waals surface area contributed by atoms with Gasteiger partial charge in [0.05, 0.1) is 18.2 Å². The minimum Gasteiger partial charge on any atom is -0.334 e. The third kappa shape index (κ3) is 4.09. The Balaban J connectivity index is 1.51. The molecule has 5 heteroatoms. The molecule has 28 heavy (non-hydrogen) atoms. The molecule has 0 aliphatic carbocycles. The fourth-order valence-corrected chi connectivity index (χ4v) is 3.77. The third-order valence-corrected chi connectivity index (χ3v) is 5.15. The summed E-state index contributed by atoms with van der Waals surface area (Å²) in [7, 11) is 0. The Morgan fingerprint density at radius 2 is 2.00 bits per heavy atom. The number of halogens is 1. The molecule has 1 saturated heterocycles. The predicted molar refractivity (Wildman–Crippen MR) is 105 cm³/mol. The lowest BCUT2D eigenvalue weighted by Crippen LogP contribution is -2.32. The van der Waals surface area contributed by atoms with Gasteiger partial charge in [0.2, 0.25) is 5.91 Å². The number of rotatable bonds is 5. The van der Waals surface area contributed by atoms with Crippen LogP contribution in [0.25, 0.3) is 0 Å². The van der Waals surface area contributed by atoms with Crippen molar-refractivity contribution in [2.45, 2.75) is 31.7 Å². The van der Waals surface area contributed by atoms with Crippen molar-refractivity contribution in [1.82, 2.24) is 14.9 Å². The Hall–Kier alpha value is -3.08. The number of likely N-dealkylation sites (tertiary alicyclic amines) is 1. The molecular weight excluding hydrogens is 353 g/mol. The Kier molecular flexibility index (Phi) is 5.42. The van der Waals surface area contributed by atoms with Crippen LogP contribution in [0.4, 0.5) is 4.39 Å². The van der Waals surface area contributed by atoms with Crippen molar-refractivity contribution in [2.24, 2.45) is 0 Å². The lowest BCUT2D eigenvalue weighted by Gasteiger charge is -2.25. The minimum atomic E-state index is -0.219. The van der Waals surface area contributed by atoms with Crippen LogP contribution in [0, 0.1) is 5.82 Å². The molecule has 1 amide bonds. The number of amides is 1. The van der Waals surface area contributed by atoms with Crippen molar-refractivity contribution >= 4 is 5.91 Å². The molecule has 1 aromatic carbocycles. The minimum absolute atomic E-state index is 0.0234. The van der Waals surface area contributed by atoms with Crippen LogP contribution in [0.3, 0.4) is 0 Å². The van der Waals surface area contributed by atoms with Crippen LogP contribution in [0.2, 0.25) is 0 Å². The van der Waals surface area contributed by atoms with Crippen LogP contribution in [-0.4, -0.2) is 27.3 Å². The van der Waals surface area contributed by atoms with E-state index in [1.54, 1.807) is 24.5 Å². The summed E-state index contributed by atoms with van der Waals surface area (Å²) < 4.78 is 14.0. The summed E-state index contributed by atoms with van der Waals surface area (Å²) in [6.07, 6.45) is 6.08. The maximum absolute atomic E-state index is 14.0. The first-order valence-electron chi connectivity index (χ1n) is 9.58. The second-order valence-electron chi connectivity index (χ2n) is 7.11. The summed E-state index contributed by atoms with van der Waals surface area (Å²) >= 11 is 0. The molecular formula is C23H22FN3O. The smallest absolute Gasteiger partial charge is 0.227 e. The number of hydrogen-bond donors (Lipinski definition) is 0. The lowest BCUT2D eigenvalue weighted by molar-refractivity contribution is -0.131. The molecule has 0 bridgehead atoms. The quantitative estimate of drug-likeness (QED) is 0.674. The monoisotopic (exact) mass is 375 g/mol. The average Bonchev–Trinajstić information content (AvgIpc) is 3.21. The molecule has 3 heterocycles. The van der Waals surface area contributed by atoms with E-state index in [0.29, 0.717) is 18.4 Å². The largest absolute Gasteiger partial charge is 0.334 e. The van der Waals surface area contributed by atoms with Gasteiger partial charge in [-0.1, -0.05) is 30.3 Å². The molecule has 3 aromatic rings. The highest BCUT2D eigenvalue weighted by Crippen LogP contribution is 2.31. The van der Waals surface area contributed by atoms with Crippen molar-refractivity contribution in [3.8, 4) is 0 Å². The highest BCUT2D eigenvalue weighted by molar-refractivity contribution is 5.79. The zero-order valence-electron chi connectivity index (χ0n) is 15.6. The van der Waals surface area contributed by atoms with E-state index in [0.717, 1.165) is 36.3 Å². The van der Waals surface area contributed by atoms with E-state index in [-0.39, 0.29) is 17.8 Å². The Bertz CT molecular complexity index is 961. The Labute approximate surface area is 164 Å². The molecule has 2 aromatic heterocycles. The summed E-state index contributed by atoms with van der Waals surface area (Å²) in [5, 5.41) is 0. The SMILES string of the molecule is O=C(Cc1cccnc1)N1CCCC1c1cccc(Cc2ccccc2F)n1. The van der Waals surface area contributed by atoms with Gasteiger partial charge in [0.15, 0.2) is 0 Å². The number of carbonyl (C=O) groups is 1. The van der Waals surface area contributed by atoms with E-state index in [1.807, 2.05) is 41.3 Å². The van der Waals surface area contributed by atoms with Gasteiger partial charge >= 0.3 is 0 Å². The number of pyridine rings is 2. The standard InChI is InChI=1S/C23H22FN3O/c24-20-9-2-1-7-18(20)15-19-8-3-10-21(26-19)22-11-5-13-27(22)23(28)14-17-6-4-12-25-16-17/h1-4,6-10,12,16,22H,5,11,13-15H2. The van der Waals surface area contributed by atoms with Gasteiger partial charge < -0.3 is 4.90 Å². The van der Waals surface area contributed by atoms with E-state index >= 15 is 0 Å². The molecule has 0 radical (unpaired) electrons. The van der Waals surface area contributed by atoms with Gasteiger partial charge in [-0.25, -0.2) is 4.39 Å². The zero-order valence-corrected chi connectivity index (χ0v) is 15.6. The number of aromatic nitrogens is 2. The number of hydrogen-bond acceptors (Lipinski definition) is 3. The molecule has 1 aliphatic heterocycles. The lowest BCUT2D eigenvalue weighted by atomic mass is 10.1. The van der Waals surface area contributed by atoms with Crippen molar-refractivity contribution in [2.75, 3.05) is 6.54 Å². The summed E-state index contributed by atoms with van der Waals surface area (Å²) in [5.41, 5.74) is 3.24. The van der Waals surface area contributed by atoms with E-state index < -0.39 is 0 Å². The van der Waals surface area contributed by atoms with E-state index in [2.05, 4.69) is 4.98 Å². The molecule has 0 N–H and O–H groups in total. The van der Waals surface area contributed by atoms with Gasteiger partial charge in [-0.15, -0.1) is 0 Å². The van der Waals surface area contributed by atoms with Crippen LogP contribution < -0.4 is 0 Å². The van der Waals surface area contributed by atoms with Crippen LogP contribution >= 0.6 is 0 Å². The molecule has 1 unspecified atom stereocenters. The first-order chi connectivity index (χ1) is 13.7. The van der Waals surface area contributed by atoms with Crippen molar-refractivity contribution in [3.05, 3.63) is 95.3 Å². The topological polar surface area (TPSA) is 46.1 Å². The van der Waals surface area contributed by atoms with Crippen molar-refractivity contribution in [3.63, 3.8) is 0 Å². The molecule has 1 aliphatic rings. The second kappa shape index (κ2) is 8.30. The molecule has 1 atom stereocenters. The average molecular weight is 375 g/mol. The van der Waals surface area contributed by atoms with Gasteiger partial charge in [-0.2, -0.15) is 0 Å². The third-order valence-electron chi connectivity index (χ3n) is 5.15. The summed E-state index contributed by atoms with van der Waals surface area (Å²) in [5.74, 6) is -0.124. The van der Waals surface area contributed by atoms with Gasteiger partial charge in [-0.3, -0.25) is 14.8 Å². The first-order valence-corrected chi connectivity index (χ1v) is 9.58. The van der Waals surface area contributed by atoms with E-state index in [9.17, 15) is 9.18 Å². The number of carbonyl (C=O) groups excluding carboxylic acids is 1. The van der Waals surface area contributed by atoms with E-state index in [1.165, 1.54) is 6.07 Å². The predicted octanol–water partition coefficient (Wildman–Crippen LogP) is 4.11. The maximum Gasteiger partial charge on any atom is 0.227 e. The fraction of sp³-hybridized carbons (Fsp3) is 0.261.